The second-order valence-electron chi connectivity index (χ2n) is 9.97. The van der Waals surface area contributed by atoms with Crippen molar-refractivity contribution in [3.05, 3.63) is 95.6 Å². The summed E-state index contributed by atoms with van der Waals surface area (Å²) in [5.74, 6) is -1.38. The van der Waals surface area contributed by atoms with Gasteiger partial charge < -0.3 is 14.2 Å². The van der Waals surface area contributed by atoms with Crippen LogP contribution in [0.1, 0.15) is 15.9 Å². The number of para-hydroxylation sites is 1. The molecule has 2 aromatic heterocycles. The quantitative estimate of drug-likeness (QED) is 0.228. The molecular formula is C32H22F2N4O5S. The van der Waals surface area contributed by atoms with Crippen molar-refractivity contribution in [3.63, 3.8) is 0 Å². The predicted octanol–water partition coefficient (Wildman–Crippen LogP) is 6.48. The first-order valence-electron chi connectivity index (χ1n) is 13.1. The molecule has 0 aliphatic heterocycles. The number of anilines is 1. The minimum Gasteiger partial charge on any atom is -0.455 e. The Bertz CT molecular complexity index is 2270. The van der Waals surface area contributed by atoms with Crippen LogP contribution >= 0.6 is 0 Å². The molecule has 0 aliphatic rings. The van der Waals surface area contributed by atoms with Crippen LogP contribution in [-0.2, 0) is 10.0 Å². The average Bonchev–Trinajstić information content (AvgIpc) is 3.62. The SMILES string of the molecule is CNC(=O)c1c(-c2ccc(F)cc2)oc2cc(N(C)S(C)(=O)=O)c(-c3ccc(C#N)c(-c4nc5c(F)cccc5o4)c3)cc12. The van der Waals surface area contributed by atoms with Crippen LogP contribution in [0.4, 0.5) is 14.5 Å². The number of fused-ring (bicyclic) bond motifs is 2. The van der Waals surface area contributed by atoms with Crippen LogP contribution in [0.25, 0.3) is 56.0 Å². The summed E-state index contributed by atoms with van der Waals surface area (Å²) in [5.41, 5.74) is 2.45. The van der Waals surface area contributed by atoms with E-state index in [9.17, 15) is 27.3 Å². The van der Waals surface area contributed by atoms with E-state index >= 15 is 0 Å². The number of aromatic nitrogens is 1. The van der Waals surface area contributed by atoms with Gasteiger partial charge >= 0.3 is 0 Å². The lowest BCUT2D eigenvalue weighted by Gasteiger charge is -2.21. The molecule has 6 aromatic rings. The number of hydrogen-bond donors (Lipinski definition) is 1. The van der Waals surface area contributed by atoms with Gasteiger partial charge in [-0.15, -0.1) is 0 Å². The fourth-order valence-corrected chi connectivity index (χ4v) is 5.48. The Labute approximate surface area is 250 Å². The number of rotatable bonds is 6. The van der Waals surface area contributed by atoms with E-state index in [0.29, 0.717) is 22.1 Å². The fraction of sp³-hybridized carbons (Fsp3) is 0.0938. The second kappa shape index (κ2) is 10.6. The number of sulfonamides is 1. The maximum atomic E-state index is 14.4. The molecule has 0 fully saturated rings. The van der Waals surface area contributed by atoms with Crippen molar-refractivity contribution in [2.24, 2.45) is 0 Å². The summed E-state index contributed by atoms with van der Waals surface area (Å²) in [7, 11) is -0.958. The zero-order valence-electron chi connectivity index (χ0n) is 23.5. The van der Waals surface area contributed by atoms with E-state index in [1.165, 1.54) is 62.6 Å². The van der Waals surface area contributed by atoms with E-state index in [4.69, 9.17) is 8.83 Å². The van der Waals surface area contributed by atoms with Gasteiger partial charge in [-0.2, -0.15) is 5.26 Å². The molecule has 12 heteroatoms. The summed E-state index contributed by atoms with van der Waals surface area (Å²) in [4.78, 5) is 17.4. The van der Waals surface area contributed by atoms with Gasteiger partial charge in [-0.1, -0.05) is 12.1 Å². The lowest BCUT2D eigenvalue weighted by molar-refractivity contribution is 0.0964. The highest BCUT2D eigenvalue weighted by atomic mass is 32.2. The molecule has 44 heavy (non-hydrogen) atoms. The zero-order chi connectivity index (χ0) is 31.3. The average molecular weight is 613 g/mol. The molecule has 0 unspecified atom stereocenters. The summed E-state index contributed by atoms with van der Waals surface area (Å²) in [5, 5.41) is 12.8. The number of nitrogens with zero attached hydrogens (tertiary/aromatic N) is 3. The summed E-state index contributed by atoms with van der Waals surface area (Å²) < 4.78 is 66.6. The highest BCUT2D eigenvalue weighted by Gasteiger charge is 2.26. The Balaban J connectivity index is 1.64. The largest absolute Gasteiger partial charge is 0.455 e. The molecule has 9 nitrogen and oxygen atoms in total. The lowest BCUT2D eigenvalue weighted by atomic mass is 9.95. The molecule has 0 bridgehead atoms. The van der Waals surface area contributed by atoms with E-state index in [-0.39, 0.29) is 50.7 Å². The summed E-state index contributed by atoms with van der Waals surface area (Å²) >= 11 is 0. The first-order chi connectivity index (χ1) is 21.0. The standard InChI is InChI=1S/C32H22F2N4O5S/c1-36-31(39)28-23-14-21(18-7-8-19(16-35)22(13-18)32-37-29-24(34)5-4-6-26(29)43-32)25(38(2)44(3,40)41)15-27(23)42-30(28)17-9-11-20(33)12-10-17/h4-15H,1-3H3,(H,36,39). The van der Waals surface area contributed by atoms with Crippen molar-refractivity contribution in [2.45, 2.75) is 0 Å². The van der Waals surface area contributed by atoms with Crippen molar-refractivity contribution in [1.82, 2.24) is 10.3 Å². The maximum absolute atomic E-state index is 14.4. The molecule has 6 rings (SSSR count). The van der Waals surface area contributed by atoms with Gasteiger partial charge in [0.05, 0.1) is 34.7 Å². The number of hydrogen-bond acceptors (Lipinski definition) is 7. The smallest absolute Gasteiger partial charge is 0.255 e. The zero-order valence-corrected chi connectivity index (χ0v) is 24.3. The molecule has 220 valence electrons. The Morgan fingerprint density at radius 2 is 1.68 bits per heavy atom. The number of furan rings is 1. The predicted molar refractivity (Wildman–Crippen MR) is 161 cm³/mol. The van der Waals surface area contributed by atoms with Crippen LogP contribution in [0, 0.1) is 23.0 Å². The third-order valence-corrected chi connectivity index (χ3v) is 8.45. The number of oxazole rings is 1. The molecule has 4 aromatic carbocycles. The van der Waals surface area contributed by atoms with E-state index in [1.54, 1.807) is 24.3 Å². The van der Waals surface area contributed by atoms with Crippen LogP contribution in [-0.4, -0.2) is 39.7 Å². The van der Waals surface area contributed by atoms with E-state index in [2.05, 4.69) is 16.4 Å². The third kappa shape index (κ3) is 4.83. The fourth-order valence-electron chi connectivity index (χ4n) is 4.97. The molecule has 2 heterocycles. The van der Waals surface area contributed by atoms with Crippen LogP contribution < -0.4 is 9.62 Å². The number of amides is 1. The first-order valence-corrected chi connectivity index (χ1v) is 15.0. The minimum absolute atomic E-state index is 0.00218. The molecular weight excluding hydrogens is 590 g/mol. The molecule has 0 spiro atoms. The molecule has 0 aliphatic carbocycles. The highest BCUT2D eigenvalue weighted by molar-refractivity contribution is 7.92. The minimum atomic E-state index is -3.79. The van der Waals surface area contributed by atoms with Gasteiger partial charge in [0.25, 0.3) is 5.91 Å². The Morgan fingerprint density at radius 1 is 0.955 bits per heavy atom. The van der Waals surface area contributed by atoms with Crippen molar-refractivity contribution in [3.8, 4) is 40.0 Å². The third-order valence-electron chi connectivity index (χ3n) is 7.25. The normalized spacial score (nSPS) is 11.5. The van der Waals surface area contributed by atoms with Crippen molar-refractivity contribution >= 4 is 43.7 Å². The van der Waals surface area contributed by atoms with Crippen LogP contribution in [0.2, 0.25) is 0 Å². The van der Waals surface area contributed by atoms with Gasteiger partial charge in [-0.3, -0.25) is 9.10 Å². The maximum Gasteiger partial charge on any atom is 0.255 e. The van der Waals surface area contributed by atoms with Crippen LogP contribution in [0.15, 0.2) is 81.6 Å². The number of nitriles is 1. The van der Waals surface area contributed by atoms with Crippen molar-refractivity contribution in [1.29, 1.82) is 5.26 Å². The van der Waals surface area contributed by atoms with Crippen LogP contribution in [0.3, 0.4) is 0 Å². The van der Waals surface area contributed by atoms with Gasteiger partial charge in [0.15, 0.2) is 11.4 Å². The number of carbonyl (C=O) groups is 1. The summed E-state index contributed by atoms with van der Waals surface area (Å²) in [6.07, 6.45) is 1.04. The van der Waals surface area contributed by atoms with Gasteiger partial charge in [-0.05, 0) is 60.2 Å². The van der Waals surface area contributed by atoms with Gasteiger partial charge in [0.2, 0.25) is 15.9 Å². The molecule has 1 amide bonds. The van der Waals surface area contributed by atoms with Crippen LogP contribution in [0.5, 0.6) is 0 Å². The number of nitrogens with one attached hydrogen (secondary N) is 1. The molecule has 0 radical (unpaired) electrons. The van der Waals surface area contributed by atoms with Gasteiger partial charge in [-0.25, -0.2) is 22.2 Å². The van der Waals surface area contributed by atoms with E-state index in [0.717, 1.165) is 10.6 Å². The summed E-state index contributed by atoms with van der Waals surface area (Å²) in [6, 6.07) is 19.6. The van der Waals surface area contributed by atoms with Crippen molar-refractivity contribution < 1.29 is 30.8 Å². The molecule has 0 atom stereocenters. The molecule has 0 saturated heterocycles. The lowest BCUT2D eigenvalue weighted by Crippen LogP contribution is -2.25. The number of halogens is 2. The summed E-state index contributed by atoms with van der Waals surface area (Å²) in [6.45, 7) is 0. The van der Waals surface area contributed by atoms with Crippen molar-refractivity contribution in [2.75, 3.05) is 24.7 Å². The number of benzene rings is 4. The molecule has 1 N–H and O–H groups in total. The van der Waals surface area contributed by atoms with E-state index in [1.807, 2.05) is 0 Å². The Morgan fingerprint density at radius 3 is 2.34 bits per heavy atom. The monoisotopic (exact) mass is 612 g/mol. The Kier molecular flexibility index (Phi) is 6.90. The van der Waals surface area contributed by atoms with Gasteiger partial charge in [0.1, 0.15) is 22.7 Å². The Hall–Kier alpha value is -5.54. The van der Waals surface area contributed by atoms with Gasteiger partial charge in [0, 0.05) is 36.7 Å². The second-order valence-corrected chi connectivity index (χ2v) is 12.0. The molecule has 0 saturated carbocycles. The topological polar surface area (TPSA) is 129 Å². The number of carbonyl (C=O) groups excluding carboxylic acids is 1. The highest BCUT2D eigenvalue weighted by Crippen LogP contribution is 2.42. The van der Waals surface area contributed by atoms with E-state index < -0.39 is 27.6 Å². The first kappa shape index (κ1) is 28.6.